The van der Waals surface area contributed by atoms with E-state index in [-0.39, 0.29) is 10.5 Å². The van der Waals surface area contributed by atoms with Crippen LogP contribution >= 0.6 is 0 Å². The maximum Gasteiger partial charge on any atom is 0.344 e. The summed E-state index contributed by atoms with van der Waals surface area (Å²) in [6, 6.07) is 0. The van der Waals surface area contributed by atoms with Gasteiger partial charge in [0.25, 0.3) is 10.1 Å². The molecule has 2 fully saturated rings. The lowest BCUT2D eigenvalue weighted by Gasteiger charge is -2.19. The van der Waals surface area contributed by atoms with E-state index in [0.29, 0.717) is 0 Å². The zero-order valence-electron chi connectivity index (χ0n) is 11.0. The topological polar surface area (TPSA) is 105 Å². The zero-order valence-corrected chi connectivity index (χ0v) is 11.8. The van der Waals surface area contributed by atoms with Gasteiger partial charge >= 0.3 is 11.9 Å². The summed E-state index contributed by atoms with van der Waals surface area (Å²) in [6.45, 7) is 4.23. The smallest absolute Gasteiger partial charge is 0.344 e. The molecule has 0 N–H and O–H groups in total. The van der Waals surface area contributed by atoms with Crippen molar-refractivity contribution in [2.75, 3.05) is 6.61 Å². The molecule has 114 valence electrons. The van der Waals surface area contributed by atoms with Gasteiger partial charge in [-0.15, -0.1) is 0 Å². The summed E-state index contributed by atoms with van der Waals surface area (Å²) in [7, 11) is -3.79. The van der Waals surface area contributed by atoms with Crippen LogP contribution in [0.4, 0.5) is 0 Å². The fourth-order valence-corrected chi connectivity index (χ4v) is 3.79. The lowest BCUT2D eigenvalue weighted by atomic mass is 10.0. The van der Waals surface area contributed by atoms with Crippen molar-refractivity contribution < 1.29 is 36.4 Å². The molecule has 3 aliphatic heterocycles. The average molecular weight is 316 g/mol. The van der Waals surface area contributed by atoms with Gasteiger partial charge in [0.1, 0.15) is 23.2 Å². The van der Waals surface area contributed by atoms with Crippen molar-refractivity contribution in [1.29, 1.82) is 0 Å². The molecule has 2 bridgehead atoms. The minimum Gasteiger partial charge on any atom is -0.454 e. The average Bonchev–Trinajstić information content (AvgIpc) is 2.99. The number of hydrogen-bond acceptors (Lipinski definition) is 8. The van der Waals surface area contributed by atoms with Crippen molar-refractivity contribution in [3.63, 3.8) is 0 Å². The van der Waals surface area contributed by atoms with E-state index < -0.39 is 53.1 Å². The van der Waals surface area contributed by atoms with Gasteiger partial charge in [-0.05, 0) is 13.0 Å². The Morgan fingerprint density at radius 2 is 2.14 bits per heavy atom. The van der Waals surface area contributed by atoms with E-state index in [0.717, 1.165) is 0 Å². The van der Waals surface area contributed by atoms with Crippen LogP contribution in [0.1, 0.15) is 6.92 Å². The van der Waals surface area contributed by atoms with Crippen molar-refractivity contribution in [1.82, 2.24) is 0 Å². The Morgan fingerprint density at radius 1 is 1.43 bits per heavy atom. The molecule has 0 aromatic rings. The second kappa shape index (κ2) is 4.65. The van der Waals surface area contributed by atoms with Crippen molar-refractivity contribution in [3.05, 3.63) is 23.1 Å². The lowest BCUT2D eigenvalue weighted by Crippen LogP contribution is -2.38. The number of rotatable bonds is 4. The van der Waals surface area contributed by atoms with Crippen LogP contribution in [0.15, 0.2) is 23.1 Å². The molecule has 3 heterocycles. The number of hydrogen-bond donors (Lipinski definition) is 0. The number of carbonyl (C=O) groups excluding carboxylic acids is 2. The van der Waals surface area contributed by atoms with Crippen LogP contribution in [0, 0.1) is 0 Å². The maximum atomic E-state index is 11.6. The van der Waals surface area contributed by atoms with Crippen LogP contribution in [-0.2, 0) is 38.1 Å². The van der Waals surface area contributed by atoms with Crippen LogP contribution in [0.25, 0.3) is 0 Å². The molecule has 3 aliphatic rings. The van der Waals surface area contributed by atoms with E-state index in [1.54, 1.807) is 0 Å². The first-order chi connectivity index (χ1) is 9.79. The summed E-state index contributed by atoms with van der Waals surface area (Å²) in [6.07, 6.45) is -1.75. The second-order valence-electron chi connectivity index (χ2n) is 4.92. The molecule has 3 rings (SSSR count). The summed E-state index contributed by atoms with van der Waals surface area (Å²) in [5.41, 5.74) is 0.156. The largest absolute Gasteiger partial charge is 0.454 e. The Bertz CT molecular complexity index is 661. The molecule has 8 nitrogen and oxygen atoms in total. The van der Waals surface area contributed by atoms with Gasteiger partial charge < -0.3 is 14.2 Å². The van der Waals surface area contributed by atoms with Crippen LogP contribution < -0.4 is 0 Å². The second-order valence-corrected chi connectivity index (χ2v) is 6.49. The van der Waals surface area contributed by atoms with Crippen LogP contribution in [-0.4, -0.2) is 51.4 Å². The Morgan fingerprint density at radius 3 is 2.81 bits per heavy atom. The summed E-state index contributed by atoms with van der Waals surface area (Å²) in [4.78, 5) is 22.9. The monoisotopic (exact) mass is 316 g/mol. The number of fused-ring (bicyclic) bond motifs is 1. The van der Waals surface area contributed by atoms with Crippen LogP contribution in [0.3, 0.4) is 0 Å². The minimum atomic E-state index is -3.79. The summed E-state index contributed by atoms with van der Waals surface area (Å²) in [5.74, 6) is -1.52. The first kappa shape index (κ1) is 14.2. The van der Waals surface area contributed by atoms with E-state index in [4.69, 9.17) is 13.7 Å². The fourth-order valence-electron chi connectivity index (χ4n) is 2.40. The number of carbonyl (C=O) groups is 2. The molecule has 0 aromatic heterocycles. The lowest BCUT2D eigenvalue weighted by molar-refractivity contribution is -0.163. The van der Waals surface area contributed by atoms with Gasteiger partial charge in [-0.3, -0.25) is 4.18 Å². The van der Waals surface area contributed by atoms with Gasteiger partial charge in [0, 0.05) is 5.57 Å². The SMILES string of the molecule is C=C(C)C(=O)OCC(=O)OC1C2C=C3C(O2)C1OS3(=O)=O. The molecule has 21 heavy (non-hydrogen) atoms. The normalized spacial score (nSPS) is 34.4. The molecular weight excluding hydrogens is 304 g/mol. The molecule has 0 spiro atoms. The quantitative estimate of drug-likeness (QED) is 0.385. The first-order valence-electron chi connectivity index (χ1n) is 6.12. The van der Waals surface area contributed by atoms with Gasteiger partial charge in [-0.2, -0.15) is 8.42 Å². The highest BCUT2D eigenvalue weighted by atomic mass is 32.2. The van der Waals surface area contributed by atoms with Crippen LogP contribution in [0.2, 0.25) is 0 Å². The molecule has 2 saturated heterocycles. The van der Waals surface area contributed by atoms with Crippen molar-refractivity contribution in [2.24, 2.45) is 0 Å². The Balaban J connectivity index is 1.61. The summed E-state index contributed by atoms with van der Waals surface area (Å²) >= 11 is 0. The standard InChI is InChI=1S/C12H12O8S/c1-5(2)12(14)17-4-8(13)19-9-6-3-7-10(18-6)11(9)20-21(7,15)16/h3,6,9-11H,1,4H2,2H3. The third kappa shape index (κ3) is 2.27. The third-order valence-corrected chi connectivity index (χ3v) is 4.74. The van der Waals surface area contributed by atoms with Gasteiger partial charge in [0.15, 0.2) is 12.7 Å². The molecular formula is C12H12O8S. The van der Waals surface area contributed by atoms with Crippen molar-refractivity contribution in [3.8, 4) is 0 Å². The molecule has 0 aromatic carbocycles. The number of esters is 2. The van der Waals surface area contributed by atoms with Gasteiger partial charge in [-0.1, -0.05) is 6.58 Å². The Hall–Kier alpha value is -1.71. The first-order valence-corrected chi connectivity index (χ1v) is 7.53. The predicted molar refractivity (Wildman–Crippen MR) is 66.2 cm³/mol. The minimum absolute atomic E-state index is 0.0820. The predicted octanol–water partition coefficient (Wildman–Crippen LogP) is -0.589. The van der Waals surface area contributed by atoms with Crippen molar-refractivity contribution >= 4 is 22.1 Å². The summed E-state index contributed by atoms with van der Waals surface area (Å²) < 4.78 is 43.2. The molecule has 0 aliphatic carbocycles. The van der Waals surface area contributed by atoms with Gasteiger partial charge in [-0.25, -0.2) is 9.59 Å². The molecule has 4 atom stereocenters. The number of ether oxygens (including phenoxy) is 3. The molecule has 4 unspecified atom stereocenters. The molecule has 0 saturated carbocycles. The van der Waals surface area contributed by atoms with E-state index in [2.05, 4.69) is 11.3 Å². The van der Waals surface area contributed by atoms with E-state index in [9.17, 15) is 18.0 Å². The highest BCUT2D eigenvalue weighted by Gasteiger charge is 2.62. The summed E-state index contributed by atoms with van der Waals surface area (Å²) in [5, 5.41) is 0. The Labute approximate surface area is 120 Å². The molecule has 0 amide bonds. The van der Waals surface area contributed by atoms with Crippen molar-refractivity contribution in [2.45, 2.75) is 31.3 Å². The highest BCUT2D eigenvalue weighted by molar-refractivity contribution is 7.91. The highest BCUT2D eigenvalue weighted by Crippen LogP contribution is 2.46. The fraction of sp³-hybridized carbons (Fsp3) is 0.500. The molecule has 0 radical (unpaired) electrons. The van der Waals surface area contributed by atoms with Gasteiger partial charge in [0.05, 0.1) is 0 Å². The van der Waals surface area contributed by atoms with Crippen LogP contribution in [0.5, 0.6) is 0 Å². The zero-order chi connectivity index (χ0) is 15.4. The van der Waals surface area contributed by atoms with Gasteiger partial charge in [0.2, 0.25) is 0 Å². The van der Waals surface area contributed by atoms with E-state index in [1.165, 1.54) is 13.0 Å². The Kier molecular flexibility index (Phi) is 3.15. The van der Waals surface area contributed by atoms with E-state index in [1.807, 2.05) is 0 Å². The maximum absolute atomic E-state index is 11.6. The van der Waals surface area contributed by atoms with E-state index >= 15 is 0 Å². The third-order valence-electron chi connectivity index (χ3n) is 3.32. The molecule has 9 heteroatoms.